The van der Waals surface area contributed by atoms with E-state index >= 15 is 0 Å². The van der Waals surface area contributed by atoms with Gasteiger partial charge in [0.1, 0.15) is 23.0 Å². The number of thioether (sulfide) groups is 1. The van der Waals surface area contributed by atoms with Gasteiger partial charge in [-0.05, 0) is 30.2 Å². The summed E-state index contributed by atoms with van der Waals surface area (Å²) in [7, 11) is 1.26. The lowest BCUT2D eigenvalue weighted by Crippen LogP contribution is -2.76. The van der Waals surface area contributed by atoms with Crippen LogP contribution in [-0.4, -0.2) is 52.7 Å². The van der Waals surface area contributed by atoms with Gasteiger partial charge in [-0.15, -0.1) is 11.8 Å². The summed E-state index contributed by atoms with van der Waals surface area (Å²) in [6, 6.07) is 25.7. The van der Waals surface area contributed by atoms with Gasteiger partial charge in [-0.25, -0.2) is 9.18 Å². The van der Waals surface area contributed by atoms with Gasteiger partial charge in [0.2, 0.25) is 11.5 Å². The molecule has 1 amide bonds. The Labute approximate surface area is 208 Å². The molecule has 8 heteroatoms. The molecule has 0 spiro atoms. The first-order valence-electron chi connectivity index (χ1n) is 11.2. The van der Waals surface area contributed by atoms with Crippen LogP contribution in [0.2, 0.25) is 0 Å². The van der Waals surface area contributed by atoms with E-state index in [9.17, 15) is 14.0 Å². The fourth-order valence-corrected chi connectivity index (χ4v) is 5.61. The molecule has 2 N–H and O–H groups in total. The van der Waals surface area contributed by atoms with Crippen LogP contribution in [0.25, 0.3) is 11.1 Å². The van der Waals surface area contributed by atoms with Crippen LogP contribution in [0.1, 0.15) is 6.92 Å². The van der Waals surface area contributed by atoms with E-state index in [0.29, 0.717) is 0 Å². The number of β-lactam (4-membered cyclic amide) rings is 1. The molecule has 4 atom stereocenters. The van der Waals surface area contributed by atoms with Crippen molar-refractivity contribution >= 4 is 23.6 Å². The van der Waals surface area contributed by atoms with Crippen molar-refractivity contribution in [3.63, 3.8) is 0 Å². The maximum absolute atomic E-state index is 13.4. The third-order valence-electron chi connectivity index (χ3n) is 6.10. The van der Waals surface area contributed by atoms with Crippen LogP contribution in [0, 0.1) is 5.82 Å². The molecular weight excluding hydrogens is 467 g/mol. The summed E-state index contributed by atoms with van der Waals surface area (Å²) in [5.41, 5.74) is 6.94. The Hall–Kier alpha value is -3.36. The fourth-order valence-electron chi connectivity index (χ4n) is 4.14. The SMILES string of the molecule is COC(=O)C1(Oc2cccc(F)c2)CN2C(=O)C(N)[C@H]2SC1C.c1ccc(-c2ccccc2)cc1. The van der Waals surface area contributed by atoms with Crippen LogP contribution >= 0.6 is 11.8 Å². The minimum absolute atomic E-state index is 0.0293. The number of amides is 1. The van der Waals surface area contributed by atoms with Crippen LogP contribution in [0.3, 0.4) is 0 Å². The highest BCUT2D eigenvalue weighted by Gasteiger charge is 2.61. The monoisotopic (exact) mass is 494 g/mol. The lowest BCUT2D eigenvalue weighted by atomic mass is 9.94. The normalized spacial score (nSPS) is 24.9. The fraction of sp³-hybridized carbons (Fsp3) is 0.259. The van der Waals surface area contributed by atoms with Gasteiger partial charge in [-0.1, -0.05) is 66.7 Å². The molecule has 2 aliphatic rings. The molecule has 0 radical (unpaired) electrons. The van der Waals surface area contributed by atoms with Gasteiger partial charge in [0.15, 0.2) is 0 Å². The van der Waals surface area contributed by atoms with E-state index in [1.807, 2.05) is 19.1 Å². The summed E-state index contributed by atoms with van der Waals surface area (Å²) in [5, 5.41) is -0.495. The number of rotatable bonds is 4. The van der Waals surface area contributed by atoms with Crippen molar-refractivity contribution in [2.45, 2.75) is 29.2 Å². The summed E-state index contributed by atoms with van der Waals surface area (Å²) in [6.45, 7) is 1.84. The molecule has 0 aromatic heterocycles. The quantitative estimate of drug-likeness (QED) is 0.435. The van der Waals surface area contributed by atoms with Gasteiger partial charge in [0.05, 0.1) is 18.9 Å². The van der Waals surface area contributed by atoms with E-state index in [1.54, 1.807) is 6.07 Å². The maximum atomic E-state index is 13.4. The van der Waals surface area contributed by atoms with Gasteiger partial charge in [-0.2, -0.15) is 0 Å². The van der Waals surface area contributed by atoms with Gasteiger partial charge in [0, 0.05) is 6.07 Å². The average molecular weight is 495 g/mol. The highest BCUT2D eigenvalue weighted by molar-refractivity contribution is 8.00. The van der Waals surface area contributed by atoms with Crippen LogP contribution in [0.4, 0.5) is 4.39 Å². The maximum Gasteiger partial charge on any atom is 0.353 e. The largest absolute Gasteiger partial charge is 0.472 e. The lowest BCUT2D eigenvalue weighted by molar-refractivity contribution is -0.167. The standard InChI is InChI=1S/C15H17FN2O4S.C12H10/c1-8-15(14(20)21-2,22-10-5-3-4-9(16)6-10)7-18-12(19)11(17)13(18)23-8;1-3-7-11(8-4-1)12-9-5-2-6-10-12/h3-6,8,11,13H,7,17H2,1-2H3;1-10H/t8?,11?,13-,15?;/m1./s1. The number of benzene rings is 3. The number of methoxy groups -OCH3 is 1. The number of hydrogen-bond acceptors (Lipinski definition) is 6. The highest BCUT2D eigenvalue weighted by Crippen LogP contribution is 2.44. The number of hydrogen-bond donors (Lipinski definition) is 1. The van der Waals surface area contributed by atoms with Crippen molar-refractivity contribution in [2.75, 3.05) is 13.7 Å². The summed E-state index contributed by atoms with van der Waals surface area (Å²) >= 11 is 1.38. The molecule has 2 saturated heterocycles. The minimum atomic E-state index is -1.40. The molecule has 3 aromatic carbocycles. The molecule has 0 aliphatic carbocycles. The first kappa shape index (κ1) is 24.8. The Kier molecular flexibility index (Phi) is 7.42. The van der Waals surface area contributed by atoms with Crippen LogP contribution in [-0.2, 0) is 14.3 Å². The predicted molar refractivity (Wildman–Crippen MR) is 134 cm³/mol. The van der Waals surface area contributed by atoms with Crippen molar-refractivity contribution < 1.29 is 23.5 Å². The molecule has 2 aliphatic heterocycles. The number of esters is 1. The van der Waals surface area contributed by atoms with E-state index in [1.165, 1.54) is 53.1 Å². The molecule has 0 bridgehead atoms. The Morgan fingerprint density at radius 2 is 1.63 bits per heavy atom. The zero-order chi connectivity index (χ0) is 25.0. The van der Waals surface area contributed by atoms with Crippen molar-refractivity contribution in [2.24, 2.45) is 5.73 Å². The number of carbonyl (C=O) groups is 2. The smallest absolute Gasteiger partial charge is 0.353 e. The number of ether oxygens (including phenoxy) is 2. The molecule has 35 heavy (non-hydrogen) atoms. The summed E-state index contributed by atoms with van der Waals surface area (Å²) in [4.78, 5) is 25.9. The Morgan fingerprint density at radius 3 is 2.17 bits per heavy atom. The Balaban J connectivity index is 0.000000201. The third kappa shape index (κ3) is 5.04. The first-order chi connectivity index (χ1) is 16.9. The first-order valence-corrected chi connectivity index (χ1v) is 12.1. The second-order valence-corrected chi connectivity index (χ2v) is 9.80. The number of nitrogens with zero attached hydrogens (tertiary/aromatic N) is 1. The molecule has 2 heterocycles. The van der Waals surface area contributed by atoms with Crippen molar-refractivity contribution in [3.05, 3.63) is 90.7 Å². The molecule has 3 aromatic rings. The summed E-state index contributed by atoms with van der Waals surface area (Å²) in [5.74, 6) is -1.10. The van der Waals surface area contributed by atoms with Crippen LogP contribution < -0.4 is 10.5 Å². The topological polar surface area (TPSA) is 81.9 Å². The van der Waals surface area contributed by atoms with Crippen molar-refractivity contribution in [3.8, 4) is 16.9 Å². The molecule has 5 rings (SSSR count). The zero-order valence-electron chi connectivity index (χ0n) is 19.5. The molecule has 6 nitrogen and oxygen atoms in total. The Bertz CT molecular complexity index is 1140. The number of nitrogens with two attached hydrogens (primary N) is 1. The number of fused-ring (bicyclic) bond motifs is 1. The lowest BCUT2D eigenvalue weighted by Gasteiger charge is -2.54. The van der Waals surface area contributed by atoms with Crippen LogP contribution in [0.15, 0.2) is 84.9 Å². The Morgan fingerprint density at radius 1 is 1.03 bits per heavy atom. The summed E-state index contributed by atoms with van der Waals surface area (Å²) in [6.07, 6.45) is 0. The molecule has 2 fully saturated rings. The minimum Gasteiger partial charge on any atom is -0.472 e. The third-order valence-corrected chi connectivity index (χ3v) is 7.71. The van der Waals surface area contributed by atoms with Crippen LogP contribution in [0.5, 0.6) is 5.75 Å². The molecule has 3 unspecified atom stereocenters. The highest BCUT2D eigenvalue weighted by atomic mass is 32.2. The van der Waals surface area contributed by atoms with E-state index < -0.39 is 23.4 Å². The van der Waals surface area contributed by atoms with Gasteiger partial charge >= 0.3 is 5.97 Å². The van der Waals surface area contributed by atoms with E-state index in [2.05, 4.69) is 48.5 Å². The molecule has 182 valence electrons. The van der Waals surface area contributed by atoms with E-state index in [0.717, 1.165) is 0 Å². The average Bonchev–Trinajstić information content (AvgIpc) is 2.90. The van der Waals surface area contributed by atoms with Gasteiger partial charge in [0.25, 0.3) is 0 Å². The van der Waals surface area contributed by atoms with Gasteiger partial charge < -0.3 is 20.1 Å². The van der Waals surface area contributed by atoms with Crippen molar-refractivity contribution in [1.29, 1.82) is 0 Å². The van der Waals surface area contributed by atoms with Crippen molar-refractivity contribution in [1.82, 2.24) is 4.90 Å². The molecule has 0 saturated carbocycles. The van der Waals surface area contributed by atoms with E-state index in [-0.39, 0.29) is 28.8 Å². The number of carbonyl (C=O) groups excluding carboxylic acids is 2. The second kappa shape index (κ2) is 10.5. The predicted octanol–water partition coefficient (Wildman–Crippen LogP) is 4.10. The van der Waals surface area contributed by atoms with E-state index in [4.69, 9.17) is 15.2 Å². The summed E-state index contributed by atoms with van der Waals surface area (Å²) < 4.78 is 24.2. The van der Waals surface area contributed by atoms with Gasteiger partial charge in [-0.3, -0.25) is 4.79 Å². The zero-order valence-corrected chi connectivity index (χ0v) is 20.3. The number of halogens is 1. The second-order valence-electron chi connectivity index (χ2n) is 8.33. The molecular formula is C27H27FN2O4S.